The molecule has 1 unspecified atom stereocenters. The van der Waals surface area contributed by atoms with E-state index in [4.69, 9.17) is 4.74 Å². The van der Waals surface area contributed by atoms with Gasteiger partial charge in [-0.3, -0.25) is 4.98 Å². The molecular weight excluding hydrogens is 380 g/mol. The Morgan fingerprint density at radius 2 is 1.93 bits per heavy atom. The second kappa shape index (κ2) is 13.1. The summed E-state index contributed by atoms with van der Waals surface area (Å²) in [5.41, 5.74) is 1.88. The zero-order valence-electron chi connectivity index (χ0n) is 18.2. The van der Waals surface area contributed by atoms with E-state index in [1.54, 1.807) is 42.6 Å². The van der Waals surface area contributed by atoms with Crippen molar-refractivity contribution < 1.29 is 13.5 Å². The molecule has 2 nitrogen and oxygen atoms in total. The molecule has 30 heavy (non-hydrogen) atoms. The maximum atomic E-state index is 14.6. The van der Waals surface area contributed by atoms with Gasteiger partial charge in [0.1, 0.15) is 0 Å². The monoisotopic (exact) mass is 413 g/mol. The van der Waals surface area contributed by atoms with E-state index < -0.39 is 11.6 Å². The molecule has 162 valence electrons. The van der Waals surface area contributed by atoms with Crippen molar-refractivity contribution >= 4 is 6.08 Å². The van der Waals surface area contributed by atoms with Gasteiger partial charge < -0.3 is 4.74 Å². The molecule has 0 aliphatic heterocycles. The van der Waals surface area contributed by atoms with Crippen LogP contribution >= 0.6 is 0 Å². The van der Waals surface area contributed by atoms with Crippen LogP contribution in [0.3, 0.4) is 0 Å². The molecule has 1 atom stereocenters. The average molecular weight is 414 g/mol. The number of unbranched alkanes of at least 4 members (excludes halogenated alkanes) is 3. The van der Waals surface area contributed by atoms with Gasteiger partial charge in [0, 0.05) is 41.6 Å². The second-order valence-corrected chi connectivity index (χ2v) is 7.58. The second-order valence-electron chi connectivity index (χ2n) is 7.58. The fraction of sp³-hybridized carbons (Fsp3) is 0.423. The lowest BCUT2D eigenvalue weighted by atomic mass is 10.0. The summed E-state index contributed by atoms with van der Waals surface area (Å²) in [4.78, 5) is 4.27. The molecular formula is C26H33F2NO. The van der Waals surface area contributed by atoms with Gasteiger partial charge in [-0.25, -0.2) is 8.78 Å². The molecule has 1 heterocycles. The van der Waals surface area contributed by atoms with E-state index in [0.717, 1.165) is 38.0 Å². The lowest BCUT2D eigenvalue weighted by Crippen LogP contribution is -2.08. The molecule has 4 heteroatoms. The Morgan fingerprint density at radius 1 is 1.10 bits per heavy atom. The Balaban J connectivity index is 1.88. The van der Waals surface area contributed by atoms with Gasteiger partial charge in [-0.1, -0.05) is 56.2 Å². The lowest BCUT2D eigenvalue weighted by molar-refractivity contribution is 0.0566. The number of allylic oxidation sites excluding steroid dienone is 2. The predicted octanol–water partition coefficient (Wildman–Crippen LogP) is 7.53. The Hall–Kier alpha value is -2.33. The molecule has 2 rings (SSSR count). The minimum absolute atomic E-state index is 0.219. The van der Waals surface area contributed by atoms with Crippen LogP contribution in [-0.4, -0.2) is 17.7 Å². The highest BCUT2D eigenvalue weighted by Crippen LogP contribution is 2.27. The maximum Gasteiger partial charge on any atom is 0.167 e. The largest absolute Gasteiger partial charge is 0.379 e. The molecule has 0 saturated heterocycles. The first-order chi connectivity index (χ1) is 14.6. The van der Waals surface area contributed by atoms with Crippen molar-refractivity contribution in [1.29, 1.82) is 0 Å². The van der Waals surface area contributed by atoms with E-state index >= 15 is 0 Å². The highest BCUT2D eigenvalue weighted by Gasteiger charge is 2.13. The van der Waals surface area contributed by atoms with E-state index in [1.807, 2.05) is 6.08 Å². The number of pyridine rings is 1. The molecule has 0 radical (unpaired) electrons. The molecule has 0 fully saturated rings. The molecule has 0 amide bonds. The van der Waals surface area contributed by atoms with Gasteiger partial charge in [-0.15, -0.1) is 6.58 Å². The Kier molecular flexibility index (Phi) is 10.4. The third kappa shape index (κ3) is 7.49. The van der Waals surface area contributed by atoms with Gasteiger partial charge in [0.05, 0.1) is 6.10 Å². The van der Waals surface area contributed by atoms with Crippen LogP contribution in [0.4, 0.5) is 8.78 Å². The fourth-order valence-corrected chi connectivity index (χ4v) is 3.22. The zero-order valence-corrected chi connectivity index (χ0v) is 18.2. The van der Waals surface area contributed by atoms with Crippen LogP contribution in [0.15, 0.2) is 49.2 Å². The topological polar surface area (TPSA) is 22.1 Å². The highest BCUT2D eigenvalue weighted by atomic mass is 19.2. The number of aromatic nitrogens is 1. The fourth-order valence-electron chi connectivity index (χ4n) is 3.22. The third-order valence-electron chi connectivity index (χ3n) is 5.03. The van der Waals surface area contributed by atoms with Crippen molar-refractivity contribution in [1.82, 2.24) is 4.98 Å². The van der Waals surface area contributed by atoms with Gasteiger partial charge in [-0.2, -0.15) is 0 Å². The van der Waals surface area contributed by atoms with Crippen LogP contribution in [0.25, 0.3) is 17.2 Å². The van der Waals surface area contributed by atoms with Gasteiger partial charge in [0.15, 0.2) is 11.6 Å². The van der Waals surface area contributed by atoms with E-state index in [-0.39, 0.29) is 17.2 Å². The minimum atomic E-state index is -0.843. The number of benzene rings is 1. The van der Waals surface area contributed by atoms with Crippen molar-refractivity contribution in [2.24, 2.45) is 0 Å². The Morgan fingerprint density at radius 3 is 2.63 bits per heavy atom. The molecule has 1 aromatic heterocycles. The summed E-state index contributed by atoms with van der Waals surface area (Å²) in [7, 11) is 0. The first kappa shape index (κ1) is 23.9. The molecule has 0 N–H and O–H groups in total. The maximum absolute atomic E-state index is 14.6. The van der Waals surface area contributed by atoms with E-state index in [0.29, 0.717) is 12.0 Å². The van der Waals surface area contributed by atoms with Gasteiger partial charge >= 0.3 is 0 Å². The van der Waals surface area contributed by atoms with Crippen molar-refractivity contribution in [3.05, 3.63) is 72.1 Å². The van der Waals surface area contributed by atoms with Crippen LogP contribution < -0.4 is 0 Å². The van der Waals surface area contributed by atoms with E-state index in [2.05, 4.69) is 25.4 Å². The summed E-state index contributed by atoms with van der Waals surface area (Å²) in [5, 5.41) is 0. The number of nitrogens with zero attached hydrogens (tertiary/aromatic N) is 1. The smallest absolute Gasteiger partial charge is 0.167 e. The van der Waals surface area contributed by atoms with Crippen LogP contribution in [0.1, 0.15) is 63.6 Å². The molecule has 0 bridgehead atoms. The summed E-state index contributed by atoms with van der Waals surface area (Å²) in [6.07, 6.45) is 14.0. The van der Waals surface area contributed by atoms with E-state index in [1.165, 1.54) is 12.8 Å². The molecule has 0 aliphatic rings. The lowest BCUT2D eigenvalue weighted by Gasteiger charge is -2.12. The highest BCUT2D eigenvalue weighted by molar-refractivity contribution is 5.66. The number of halogens is 2. The first-order valence-electron chi connectivity index (χ1n) is 10.9. The summed E-state index contributed by atoms with van der Waals surface area (Å²) in [6, 6.07) is 6.78. The van der Waals surface area contributed by atoms with Crippen molar-refractivity contribution in [2.75, 3.05) is 6.61 Å². The summed E-state index contributed by atoms with van der Waals surface area (Å²) < 4.78 is 34.9. The molecule has 1 aromatic carbocycles. The number of hydrogen-bond donors (Lipinski definition) is 0. The minimum Gasteiger partial charge on any atom is -0.379 e. The Labute approximate surface area is 179 Å². The van der Waals surface area contributed by atoms with Gasteiger partial charge in [-0.05, 0) is 38.7 Å². The average Bonchev–Trinajstić information content (AvgIpc) is 2.75. The standard InChI is InChI=1S/C26H33F2NO/c1-4-6-10-18-30-20(3)12-8-7-9-13-21-15-17-24(26(28)25(21)27)22-14-16-23(11-5-2)29-19-22/h5,9,13-17,19-20H,2,4,6-8,10-12,18H2,1,3H3/b13-9+. The zero-order chi connectivity index (χ0) is 21.8. The van der Waals surface area contributed by atoms with Crippen LogP contribution in [0.2, 0.25) is 0 Å². The third-order valence-corrected chi connectivity index (χ3v) is 5.03. The molecule has 2 aromatic rings. The molecule has 0 aliphatic carbocycles. The van der Waals surface area contributed by atoms with Gasteiger partial charge in [0.25, 0.3) is 0 Å². The molecule has 0 saturated carbocycles. The normalized spacial score (nSPS) is 12.4. The quantitative estimate of drug-likeness (QED) is 0.250. The summed E-state index contributed by atoms with van der Waals surface area (Å²) >= 11 is 0. The predicted molar refractivity (Wildman–Crippen MR) is 121 cm³/mol. The van der Waals surface area contributed by atoms with Crippen LogP contribution in [0, 0.1) is 11.6 Å². The Bertz CT molecular complexity index is 815. The van der Waals surface area contributed by atoms with Crippen LogP contribution in [-0.2, 0) is 11.2 Å². The number of hydrogen-bond acceptors (Lipinski definition) is 2. The van der Waals surface area contributed by atoms with Crippen molar-refractivity contribution in [2.45, 2.75) is 64.9 Å². The SMILES string of the molecule is C=CCc1ccc(-c2ccc(/C=C/CCCC(C)OCCCCC)c(F)c2F)cn1. The molecule has 0 spiro atoms. The van der Waals surface area contributed by atoms with Gasteiger partial charge in [0.2, 0.25) is 0 Å². The first-order valence-corrected chi connectivity index (χ1v) is 10.9. The van der Waals surface area contributed by atoms with Crippen molar-refractivity contribution in [3.63, 3.8) is 0 Å². The van der Waals surface area contributed by atoms with Crippen LogP contribution in [0.5, 0.6) is 0 Å². The number of ether oxygens (including phenoxy) is 1. The van der Waals surface area contributed by atoms with Crippen molar-refractivity contribution in [3.8, 4) is 11.1 Å². The summed E-state index contributed by atoms with van der Waals surface area (Å²) in [5.74, 6) is -1.67. The summed E-state index contributed by atoms with van der Waals surface area (Å²) in [6.45, 7) is 8.75. The number of rotatable bonds is 13. The van der Waals surface area contributed by atoms with E-state index in [9.17, 15) is 8.78 Å².